The summed E-state index contributed by atoms with van der Waals surface area (Å²) in [6, 6.07) is 0. The monoisotopic (exact) mass is 865 g/mol. The molecule has 0 aliphatic rings. The Hall–Kier alpha value is -2.66. The summed E-state index contributed by atoms with van der Waals surface area (Å²) in [4.78, 5) is 25.4. The van der Waals surface area contributed by atoms with Crippen LogP contribution in [-0.4, -0.2) is 37.9 Å². The number of carbonyl (C=O) groups is 2. The van der Waals surface area contributed by atoms with Gasteiger partial charge in [-0.05, 0) is 103 Å². The van der Waals surface area contributed by atoms with Crippen molar-refractivity contribution in [2.24, 2.45) is 0 Å². The van der Waals surface area contributed by atoms with E-state index >= 15 is 0 Å². The molecular weight excluding hydrogens is 765 g/mol. The van der Waals surface area contributed by atoms with Gasteiger partial charge in [0.15, 0.2) is 6.10 Å². The van der Waals surface area contributed by atoms with Crippen LogP contribution >= 0.6 is 0 Å². The normalized spacial score (nSPS) is 12.8. The van der Waals surface area contributed by atoms with Crippen LogP contribution in [0.15, 0.2) is 72.9 Å². The minimum Gasteiger partial charge on any atom is -0.462 e. The summed E-state index contributed by atoms with van der Waals surface area (Å²) < 4.78 is 17.4. The molecular formula is C57H100O5. The molecule has 0 N–H and O–H groups in total. The second kappa shape index (κ2) is 52.7. The molecule has 0 aliphatic carbocycles. The largest absolute Gasteiger partial charge is 0.462 e. The van der Waals surface area contributed by atoms with Gasteiger partial charge in [-0.3, -0.25) is 9.59 Å². The van der Waals surface area contributed by atoms with E-state index in [1.54, 1.807) is 0 Å². The maximum atomic E-state index is 12.8. The number of unbranched alkanes of at least 4 members (excludes halogenated alkanes) is 25. The van der Waals surface area contributed by atoms with Crippen LogP contribution in [0.4, 0.5) is 0 Å². The molecule has 0 aromatic carbocycles. The smallest absolute Gasteiger partial charge is 0.306 e. The van der Waals surface area contributed by atoms with Crippen LogP contribution in [0.25, 0.3) is 0 Å². The molecule has 0 saturated carbocycles. The van der Waals surface area contributed by atoms with E-state index in [-0.39, 0.29) is 25.2 Å². The highest BCUT2D eigenvalue weighted by Gasteiger charge is 2.17. The van der Waals surface area contributed by atoms with Crippen molar-refractivity contribution in [3.63, 3.8) is 0 Å². The Bertz CT molecular complexity index is 1110. The number of ether oxygens (including phenoxy) is 3. The third-order valence-corrected chi connectivity index (χ3v) is 11.2. The molecule has 0 rings (SSSR count). The molecule has 0 aromatic rings. The molecule has 5 nitrogen and oxygen atoms in total. The second-order valence-electron chi connectivity index (χ2n) is 17.4. The van der Waals surface area contributed by atoms with E-state index in [0.29, 0.717) is 19.4 Å². The third-order valence-electron chi connectivity index (χ3n) is 11.2. The molecule has 0 aromatic heterocycles. The van der Waals surface area contributed by atoms with Crippen LogP contribution in [0.1, 0.15) is 252 Å². The van der Waals surface area contributed by atoms with Crippen LogP contribution in [-0.2, 0) is 23.8 Å². The van der Waals surface area contributed by atoms with Gasteiger partial charge in [0.2, 0.25) is 0 Å². The van der Waals surface area contributed by atoms with Gasteiger partial charge < -0.3 is 14.2 Å². The summed E-state index contributed by atoms with van der Waals surface area (Å²) >= 11 is 0. The van der Waals surface area contributed by atoms with Crippen LogP contribution in [0.3, 0.4) is 0 Å². The first kappa shape index (κ1) is 59.3. The molecule has 0 heterocycles. The molecule has 0 saturated heterocycles. The number of hydrogen-bond donors (Lipinski definition) is 0. The van der Waals surface area contributed by atoms with E-state index in [9.17, 15) is 9.59 Å². The summed E-state index contributed by atoms with van der Waals surface area (Å²) in [5, 5.41) is 0. The molecule has 0 fully saturated rings. The number of rotatable bonds is 48. The molecule has 0 amide bonds. The Balaban J connectivity index is 4.29. The first-order chi connectivity index (χ1) is 30.6. The average molecular weight is 865 g/mol. The van der Waals surface area contributed by atoms with Gasteiger partial charge >= 0.3 is 11.9 Å². The zero-order chi connectivity index (χ0) is 44.9. The van der Waals surface area contributed by atoms with Crippen LogP contribution < -0.4 is 0 Å². The van der Waals surface area contributed by atoms with Gasteiger partial charge in [0.25, 0.3) is 0 Å². The number of esters is 2. The van der Waals surface area contributed by atoms with Crippen molar-refractivity contribution in [3.8, 4) is 0 Å². The van der Waals surface area contributed by atoms with Crippen molar-refractivity contribution in [2.45, 2.75) is 258 Å². The van der Waals surface area contributed by atoms with Gasteiger partial charge in [0, 0.05) is 19.4 Å². The second-order valence-corrected chi connectivity index (χ2v) is 17.4. The fraction of sp³-hybridized carbons (Fsp3) is 0.754. The Labute approximate surface area is 385 Å². The molecule has 1 unspecified atom stereocenters. The Morgan fingerprint density at radius 2 is 0.758 bits per heavy atom. The van der Waals surface area contributed by atoms with E-state index in [2.05, 4.69) is 93.7 Å². The lowest BCUT2D eigenvalue weighted by molar-refractivity contribution is -0.163. The van der Waals surface area contributed by atoms with Gasteiger partial charge in [-0.15, -0.1) is 0 Å². The van der Waals surface area contributed by atoms with Crippen molar-refractivity contribution in [1.82, 2.24) is 0 Å². The van der Waals surface area contributed by atoms with Crippen LogP contribution in [0.2, 0.25) is 0 Å². The lowest BCUT2D eigenvalue weighted by atomic mass is 10.1. The third kappa shape index (κ3) is 50.0. The quantitative estimate of drug-likeness (QED) is 0.0346. The zero-order valence-electron chi connectivity index (χ0n) is 41.1. The van der Waals surface area contributed by atoms with Crippen molar-refractivity contribution < 1.29 is 23.8 Å². The van der Waals surface area contributed by atoms with Crippen molar-refractivity contribution in [2.75, 3.05) is 19.8 Å². The van der Waals surface area contributed by atoms with Crippen molar-refractivity contribution in [3.05, 3.63) is 72.9 Å². The predicted molar refractivity (Wildman–Crippen MR) is 270 cm³/mol. The lowest BCUT2D eigenvalue weighted by Gasteiger charge is -2.18. The maximum Gasteiger partial charge on any atom is 0.306 e. The maximum absolute atomic E-state index is 12.8. The molecule has 0 bridgehead atoms. The van der Waals surface area contributed by atoms with E-state index in [1.165, 1.54) is 122 Å². The fourth-order valence-corrected chi connectivity index (χ4v) is 7.26. The highest BCUT2D eigenvalue weighted by molar-refractivity contribution is 5.70. The molecule has 0 radical (unpaired) electrons. The minimum absolute atomic E-state index is 0.0678. The highest BCUT2D eigenvalue weighted by Crippen LogP contribution is 2.14. The van der Waals surface area contributed by atoms with Crippen molar-refractivity contribution >= 4 is 11.9 Å². The average Bonchev–Trinajstić information content (AvgIpc) is 3.27. The molecule has 5 heteroatoms. The van der Waals surface area contributed by atoms with E-state index < -0.39 is 6.10 Å². The van der Waals surface area contributed by atoms with Gasteiger partial charge in [-0.1, -0.05) is 209 Å². The molecule has 0 spiro atoms. The summed E-state index contributed by atoms with van der Waals surface area (Å²) in [6.45, 7) is 7.62. The zero-order valence-corrected chi connectivity index (χ0v) is 41.1. The SMILES string of the molecule is CC/C=C\C/C=C\C/C=C\CCCCCCCC(=O)OCC(COCCCCCCCCCC/C=C\CCCCCCCC)OC(=O)CCCCCCC/C=C\C/C=C\CCC. The van der Waals surface area contributed by atoms with Gasteiger partial charge in [-0.2, -0.15) is 0 Å². The van der Waals surface area contributed by atoms with Gasteiger partial charge in [-0.25, -0.2) is 0 Å². The summed E-state index contributed by atoms with van der Waals surface area (Å²) in [5.74, 6) is -0.431. The highest BCUT2D eigenvalue weighted by atomic mass is 16.6. The lowest BCUT2D eigenvalue weighted by Crippen LogP contribution is -2.30. The van der Waals surface area contributed by atoms with Gasteiger partial charge in [0.1, 0.15) is 6.61 Å². The number of allylic oxidation sites excluding steroid dienone is 12. The molecule has 358 valence electrons. The first-order valence-corrected chi connectivity index (χ1v) is 26.5. The predicted octanol–water partition coefficient (Wildman–Crippen LogP) is 17.9. The summed E-state index contributed by atoms with van der Waals surface area (Å²) in [7, 11) is 0. The van der Waals surface area contributed by atoms with Crippen LogP contribution in [0.5, 0.6) is 0 Å². The fourth-order valence-electron chi connectivity index (χ4n) is 7.26. The van der Waals surface area contributed by atoms with Crippen LogP contribution in [0, 0.1) is 0 Å². The Morgan fingerprint density at radius 1 is 0.371 bits per heavy atom. The molecule has 0 aliphatic heterocycles. The summed E-state index contributed by atoms with van der Waals surface area (Å²) in [5.41, 5.74) is 0. The van der Waals surface area contributed by atoms with Crippen molar-refractivity contribution in [1.29, 1.82) is 0 Å². The molecule has 1 atom stereocenters. The van der Waals surface area contributed by atoms with E-state index in [4.69, 9.17) is 14.2 Å². The number of carbonyl (C=O) groups excluding carboxylic acids is 2. The molecule has 62 heavy (non-hydrogen) atoms. The standard InChI is InChI=1S/C57H100O5/c1-4-7-10-13-16-19-22-25-27-28-29-31-34-37-40-43-46-49-52-60-53-55(62-57(59)51-48-45-42-39-36-32-24-21-18-15-12-9-6-3)54-61-56(58)50-47-44-41-38-35-33-30-26-23-20-17-14-11-8-5-2/h8,11-12,15,17,20-21,24-27,30,55H,4-7,9-10,13-14,16,18-19,22-23,28-29,31-54H2,1-3H3/b11-8-,15-12-,20-17-,24-21-,27-25-,30-26-. The number of hydrogen-bond acceptors (Lipinski definition) is 5. The van der Waals surface area contributed by atoms with E-state index in [1.807, 2.05) is 0 Å². The Kier molecular flexibility index (Phi) is 50.4. The first-order valence-electron chi connectivity index (χ1n) is 26.5. The minimum atomic E-state index is -0.554. The topological polar surface area (TPSA) is 61.8 Å². The van der Waals surface area contributed by atoms with E-state index in [0.717, 1.165) is 96.3 Å². The van der Waals surface area contributed by atoms with Gasteiger partial charge in [0.05, 0.1) is 6.61 Å². The Morgan fingerprint density at radius 3 is 1.24 bits per heavy atom. The summed E-state index contributed by atoms with van der Waals surface area (Å²) in [6.07, 6.45) is 67.7.